The van der Waals surface area contributed by atoms with Gasteiger partial charge < -0.3 is 14.8 Å². The number of carbonyl (C=O) groups is 1. The van der Waals surface area contributed by atoms with E-state index in [2.05, 4.69) is 42.3 Å². The lowest BCUT2D eigenvalue weighted by molar-refractivity contribution is -0.121. The van der Waals surface area contributed by atoms with Crippen molar-refractivity contribution in [3.63, 3.8) is 0 Å². The molecular formula is C23H32N2O3. The number of benzene rings is 2. The van der Waals surface area contributed by atoms with E-state index in [9.17, 15) is 4.79 Å². The molecule has 2 aromatic rings. The molecule has 2 rings (SSSR count). The number of nitrogens with one attached hydrogen (secondary N) is 1. The van der Waals surface area contributed by atoms with Gasteiger partial charge in [-0.05, 0) is 54.4 Å². The lowest BCUT2D eigenvalue weighted by Gasteiger charge is -2.20. The molecule has 28 heavy (non-hydrogen) atoms. The molecule has 0 saturated carbocycles. The molecule has 0 saturated heterocycles. The minimum Gasteiger partial charge on any atom is -0.497 e. The summed E-state index contributed by atoms with van der Waals surface area (Å²) in [6.45, 7) is 7.81. The van der Waals surface area contributed by atoms with Crippen LogP contribution in [0.15, 0.2) is 42.5 Å². The topological polar surface area (TPSA) is 50.8 Å². The van der Waals surface area contributed by atoms with Crippen LogP contribution in [0.5, 0.6) is 11.5 Å². The fourth-order valence-electron chi connectivity index (χ4n) is 3.18. The molecule has 0 radical (unpaired) electrons. The summed E-state index contributed by atoms with van der Waals surface area (Å²) in [5.41, 5.74) is 3.40. The Labute approximate surface area is 168 Å². The maximum absolute atomic E-state index is 12.4. The van der Waals surface area contributed by atoms with Crippen LogP contribution in [0.4, 0.5) is 0 Å². The summed E-state index contributed by atoms with van der Waals surface area (Å²) in [7, 11) is 3.27. The third-order valence-electron chi connectivity index (χ3n) is 4.99. The van der Waals surface area contributed by atoms with Crippen LogP contribution in [-0.2, 0) is 24.3 Å². The number of hydrogen-bond donors (Lipinski definition) is 1. The van der Waals surface area contributed by atoms with Crippen LogP contribution in [0, 0.1) is 0 Å². The first kappa shape index (κ1) is 21.8. The first-order chi connectivity index (χ1) is 13.6. The lowest BCUT2D eigenvalue weighted by atomic mass is 10.1. The minimum absolute atomic E-state index is 0.0301. The summed E-state index contributed by atoms with van der Waals surface area (Å²) in [4.78, 5) is 14.8. The number of carbonyl (C=O) groups excluding carboxylic acids is 1. The van der Waals surface area contributed by atoms with Crippen molar-refractivity contribution in [2.75, 3.05) is 27.3 Å². The molecular weight excluding hydrogens is 352 g/mol. The molecule has 0 fully saturated rings. The fraction of sp³-hybridized carbons (Fsp3) is 0.435. The van der Waals surface area contributed by atoms with Gasteiger partial charge >= 0.3 is 0 Å². The number of hydrogen-bond acceptors (Lipinski definition) is 4. The molecule has 0 heterocycles. The van der Waals surface area contributed by atoms with Crippen molar-refractivity contribution >= 4 is 5.91 Å². The van der Waals surface area contributed by atoms with Crippen molar-refractivity contribution < 1.29 is 14.3 Å². The first-order valence-electron chi connectivity index (χ1n) is 9.87. The lowest BCUT2D eigenvalue weighted by Crippen LogP contribution is -2.26. The fourth-order valence-corrected chi connectivity index (χ4v) is 3.18. The zero-order valence-corrected chi connectivity index (χ0v) is 17.5. The summed E-state index contributed by atoms with van der Waals surface area (Å²) < 4.78 is 10.7. The second-order valence-electron chi connectivity index (χ2n) is 6.68. The van der Waals surface area contributed by atoms with E-state index >= 15 is 0 Å². The standard InChI is InChI=1S/C23H32N2O3/c1-5-25(6-2)17-20-10-8-7-9-19(20)16-24-23(26)14-11-18-15-21(27-3)12-13-22(18)28-4/h7-10,12-13,15H,5-6,11,14,16-17H2,1-4H3,(H,24,26). The van der Waals surface area contributed by atoms with E-state index in [4.69, 9.17) is 9.47 Å². The zero-order chi connectivity index (χ0) is 20.4. The van der Waals surface area contributed by atoms with Gasteiger partial charge in [-0.1, -0.05) is 38.1 Å². The van der Waals surface area contributed by atoms with Gasteiger partial charge in [0.1, 0.15) is 11.5 Å². The number of rotatable bonds is 11. The Bertz CT molecular complexity index is 757. The molecule has 0 atom stereocenters. The molecule has 0 aromatic heterocycles. The Hall–Kier alpha value is -2.53. The summed E-state index contributed by atoms with van der Waals surface area (Å²) in [5, 5.41) is 3.06. The highest BCUT2D eigenvalue weighted by Crippen LogP contribution is 2.25. The SMILES string of the molecule is CCN(CC)Cc1ccccc1CNC(=O)CCc1cc(OC)ccc1OC. The van der Waals surface area contributed by atoms with Crippen molar-refractivity contribution in [1.82, 2.24) is 10.2 Å². The Balaban J connectivity index is 1.93. The molecule has 0 bridgehead atoms. The van der Waals surface area contributed by atoms with Crippen molar-refractivity contribution in [2.24, 2.45) is 0 Å². The van der Waals surface area contributed by atoms with Gasteiger partial charge in [-0.15, -0.1) is 0 Å². The van der Waals surface area contributed by atoms with Gasteiger partial charge in [0.05, 0.1) is 14.2 Å². The maximum atomic E-state index is 12.4. The highest BCUT2D eigenvalue weighted by molar-refractivity contribution is 5.76. The van der Waals surface area contributed by atoms with Crippen molar-refractivity contribution in [3.05, 3.63) is 59.2 Å². The second-order valence-corrected chi connectivity index (χ2v) is 6.68. The van der Waals surface area contributed by atoms with Crippen LogP contribution in [0.3, 0.4) is 0 Å². The molecule has 5 nitrogen and oxygen atoms in total. The van der Waals surface area contributed by atoms with Crippen LogP contribution in [0.1, 0.15) is 37.0 Å². The van der Waals surface area contributed by atoms with Crippen molar-refractivity contribution in [3.8, 4) is 11.5 Å². The summed E-state index contributed by atoms with van der Waals surface area (Å²) in [6.07, 6.45) is 1.01. The van der Waals surface area contributed by atoms with E-state index in [0.29, 0.717) is 19.4 Å². The Morgan fingerprint density at radius 3 is 2.32 bits per heavy atom. The number of nitrogens with zero attached hydrogens (tertiary/aromatic N) is 1. The number of ether oxygens (including phenoxy) is 2. The van der Waals surface area contributed by atoms with E-state index in [-0.39, 0.29) is 5.91 Å². The Kier molecular flexibility index (Phi) is 8.82. The molecule has 0 aliphatic carbocycles. The molecule has 1 amide bonds. The van der Waals surface area contributed by atoms with Gasteiger partial charge in [-0.3, -0.25) is 9.69 Å². The number of amides is 1. The second kappa shape index (κ2) is 11.3. The van der Waals surface area contributed by atoms with Crippen LogP contribution in [0.25, 0.3) is 0 Å². The molecule has 0 aliphatic heterocycles. The number of methoxy groups -OCH3 is 2. The van der Waals surface area contributed by atoms with Crippen molar-refractivity contribution in [1.29, 1.82) is 0 Å². The largest absolute Gasteiger partial charge is 0.497 e. The first-order valence-corrected chi connectivity index (χ1v) is 9.87. The molecule has 5 heteroatoms. The molecule has 0 spiro atoms. The average molecular weight is 385 g/mol. The van der Waals surface area contributed by atoms with Gasteiger partial charge in [0.2, 0.25) is 5.91 Å². The van der Waals surface area contributed by atoms with Crippen LogP contribution < -0.4 is 14.8 Å². The summed E-state index contributed by atoms with van der Waals surface area (Å²) >= 11 is 0. The van der Waals surface area contributed by atoms with E-state index in [1.54, 1.807) is 14.2 Å². The highest BCUT2D eigenvalue weighted by Gasteiger charge is 2.10. The average Bonchev–Trinajstić information content (AvgIpc) is 2.74. The normalized spacial score (nSPS) is 10.8. The quantitative estimate of drug-likeness (QED) is 0.640. The summed E-state index contributed by atoms with van der Waals surface area (Å²) in [5.74, 6) is 1.57. The van der Waals surface area contributed by atoms with Gasteiger partial charge in [-0.25, -0.2) is 0 Å². The monoisotopic (exact) mass is 384 g/mol. The molecule has 1 N–H and O–H groups in total. The molecule has 152 valence electrons. The van der Waals surface area contributed by atoms with E-state index in [0.717, 1.165) is 36.7 Å². The van der Waals surface area contributed by atoms with Crippen LogP contribution in [-0.4, -0.2) is 38.1 Å². The van der Waals surface area contributed by atoms with Gasteiger partial charge in [0.25, 0.3) is 0 Å². The van der Waals surface area contributed by atoms with Crippen LogP contribution in [0.2, 0.25) is 0 Å². The maximum Gasteiger partial charge on any atom is 0.220 e. The third-order valence-corrected chi connectivity index (χ3v) is 4.99. The van der Waals surface area contributed by atoms with Gasteiger partial charge in [0, 0.05) is 19.5 Å². The van der Waals surface area contributed by atoms with E-state index < -0.39 is 0 Å². The van der Waals surface area contributed by atoms with E-state index in [1.165, 1.54) is 11.1 Å². The van der Waals surface area contributed by atoms with Gasteiger partial charge in [-0.2, -0.15) is 0 Å². The van der Waals surface area contributed by atoms with Gasteiger partial charge in [0.15, 0.2) is 0 Å². The summed E-state index contributed by atoms with van der Waals surface area (Å²) in [6, 6.07) is 14.0. The predicted molar refractivity (Wildman–Crippen MR) is 113 cm³/mol. The molecule has 0 unspecified atom stereocenters. The third kappa shape index (κ3) is 6.27. The molecule has 2 aromatic carbocycles. The molecule has 0 aliphatic rings. The predicted octanol–water partition coefficient (Wildman–Crippen LogP) is 3.79. The number of aryl methyl sites for hydroxylation is 1. The zero-order valence-electron chi connectivity index (χ0n) is 17.5. The Morgan fingerprint density at radius 2 is 1.68 bits per heavy atom. The van der Waals surface area contributed by atoms with Crippen LogP contribution >= 0.6 is 0 Å². The smallest absolute Gasteiger partial charge is 0.220 e. The van der Waals surface area contributed by atoms with E-state index in [1.807, 2.05) is 24.3 Å². The van der Waals surface area contributed by atoms with Crippen molar-refractivity contribution in [2.45, 2.75) is 39.8 Å². The Morgan fingerprint density at radius 1 is 0.964 bits per heavy atom. The highest BCUT2D eigenvalue weighted by atomic mass is 16.5. The minimum atomic E-state index is 0.0301.